The van der Waals surface area contributed by atoms with Gasteiger partial charge in [-0.1, -0.05) is 51.4 Å². The zero-order valence-electron chi connectivity index (χ0n) is 12.9. The van der Waals surface area contributed by atoms with Crippen molar-refractivity contribution < 1.29 is 14.6 Å². The largest absolute Gasteiger partial charge is 0.396 e. The van der Waals surface area contributed by atoms with Gasteiger partial charge < -0.3 is 14.6 Å². The van der Waals surface area contributed by atoms with E-state index in [4.69, 9.17) is 14.6 Å². The number of hydrogen-bond acceptors (Lipinski definition) is 3. The Morgan fingerprint density at radius 3 is 1.58 bits per heavy atom. The molecule has 0 radical (unpaired) electrons. The van der Waals surface area contributed by atoms with Crippen molar-refractivity contribution in [1.29, 1.82) is 0 Å². The molecule has 0 atom stereocenters. The summed E-state index contributed by atoms with van der Waals surface area (Å²) in [5, 5.41) is 8.65. The summed E-state index contributed by atoms with van der Waals surface area (Å²) in [6, 6.07) is 0. The molecular formula is C16H34O3. The van der Waals surface area contributed by atoms with Crippen molar-refractivity contribution in [3.8, 4) is 0 Å². The highest BCUT2D eigenvalue weighted by Crippen LogP contribution is 2.10. The summed E-state index contributed by atoms with van der Waals surface area (Å²) in [7, 11) is 0. The van der Waals surface area contributed by atoms with Gasteiger partial charge in [-0.2, -0.15) is 0 Å². The highest BCUT2D eigenvalue weighted by atomic mass is 16.5. The van der Waals surface area contributed by atoms with Crippen molar-refractivity contribution in [2.24, 2.45) is 0 Å². The van der Waals surface area contributed by atoms with Gasteiger partial charge in [0.1, 0.15) is 0 Å². The zero-order chi connectivity index (χ0) is 14.0. The van der Waals surface area contributed by atoms with E-state index in [1.165, 1.54) is 57.8 Å². The predicted molar refractivity (Wildman–Crippen MR) is 80.6 cm³/mol. The molecule has 0 aliphatic heterocycles. The van der Waals surface area contributed by atoms with Gasteiger partial charge in [0.05, 0.1) is 13.2 Å². The maximum atomic E-state index is 8.65. The Morgan fingerprint density at radius 2 is 1.05 bits per heavy atom. The van der Waals surface area contributed by atoms with E-state index in [9.17, 15) is 0 Å². The van der Waals surface area contributed by atoms with Gasteiger partial charge in [0, 0.05) is 19.8 Å². The molecule has 3 heteroatoms. The van der Waals surface area contributed by atoms with E-state index < -0.39 is 0 Å². The van der Waals surface area contributed by atoms with Crippen molar-refractivity contribution in [1.82, 2.24) is 0 Å². The van der Waals surface area contributed by atoms with Crippen molar-refractivity contribution in [2.75, 3.05) is 33.0 Å². The molecule has 0 saturated carbocycles. The number of unbranched alkanes of at least 4 members (excludes halogenated alkanes) is 9. The number of aliphatic hydroxyl groups is 1. The van der Waals surface area contributed by atoms with Crippen molar-refractivity contribution in [2.45, 2.75) is 71.1 Å². The number of hydrogen-bond donors (Lipinski definition) is 1. The summed E-state index contributed by atoms with van der Waals surface area (Å²) in [5.74, 6) is 0. The molecule has 0 fully saturated rings. The monoisotopic (exact) mass is 274 g/mol. The fraction of sp³-hybridized carbons (Fsp3) is 1.00. The van der Waals surface area contributed by atoms with Crippen LogP contribution < -0.4 is 0 Å². The summed E-state index contributed by atoms with van der Waals surface area (Å²) in [4.78, 5) is 0. The summed E-state index contributed by atoms with van der Waals surface area (Å²) in [6.07, 6.45) is 12.7. The first-order chi connectivity index (χ1) is 9.41. The molecular weight excluding hydrogens is 240 g/mol. The maximum Gasteiger partial charge on any atom is 0.0700 e. The van der Waals surface area contributed by atoms with Crippen LogP contribution in [0.1, 0.15) is 71.1 Å². The molecule has 0 unspecified atom stereocenters. The van der Waals surface area contributed by atoms with Crippen molar-refractivity contribution in [3.63, 3.8) is 0 Å². The zero-order valence-corrected chi connectivity index (χ0v) is 12.9. The van der Waals surface area contributed by atoms with Crippen LogP contribution in [0.25, 0.3) is 0 Å². The van der Waals surface area contributed by atoms with E-state index >= 15 is 0 Å². The van der Waals surface area contributed by atoms with Crippen LogP contribution in [-0.4, -0.2) is 38.1 Å². The van der Waals surface area contributed by atoms with Gasteiger partial charge in [0.2, 0.25) is 0 Å². The maximum absolute atomic E-state index is 8.65. The summed E-state index contributed by atoms with van der Waals surface area (Å²) < 4.78 is 10.7. The molecule has 1 N–H and O–H groups in total. The minimum absolute atomic E-state index is 0.354. The third-order valence-corrected chi connectivity index (χ3v) is 3.27. The molecule has 0 aromatic rings. The van der Waals surface area contributed by atoms with Crippen LogP contribution in [0.3, 0.4) is 0 Å². The molecule has 0 aromatic heterocycles. The molecule has 116 valence electrons. The number of rotatable bonds is 16. The minimum Gasteiger partial charge on any atom is -0.396 e. The molecule has 0 rings (SSSR count). The molecule has 0 aliphatic carbocycles. The summed E-state index contributed by atoms with van der Waals surface area (Å²) in [6.45, 7) is 5.49. The molecule has 19 heavy (non-hydrogen) atoms. The van der Waals surface area contributed by atoms with Gasteiger partial charge in [-0.3, -0.25) is 0 Å². The molecule has 0 aromatic carbocycles. The molecule has 0 spiro atoms. The van der Waals surface area contributed by atoms with Crippen molar-refractivity contribution in [3.05, 3.63) is 0 Å². The lowest BCUT2D eigenvalue weighted by Crippen LogP contribution is -2.04. The fourth-order valence-electron chi connectivity index (χ4n) is 2.09. The van der Waals surface area contributed by atoms with E-state index in [1.807, 2.05) is 6.92 Å². The number of aliphatic hydroxyl groups excluding tert-OH is 1. The van der Waals surface area contributed by atoms with Crippen molar-refractivity contribution >= 4 is 0 Å². The Balaban J connectivity index is 2.88. The van der Waals surface area contributed by atoms with E-state index in [0.717, 1.165) is 32.8 Å². The predicted octanol–water partition coefficient (Wildman–Crippen LogP) is 3.93. The standard InChI is InChI=1S/C16H34O3/c1-2-18-15-16-19-14-12-10-8-6-4-3-5-7-9-11-13-17/h17H,2-16H2,1H3. The van der Waals surface area contributed by atoms with Gasteiger partial charge >= 0.3 is 0 Å². The minimum atomic E-state index is 0.354. The summed E-state index contributed by atoms with van der Waals surface area (Å²) >= 11 is 0. The SMILES string of the molecule is CCOCCOCCCCCCCCCCCCO. The Hall–Kier alpha value is -0.120. The molecule has 0 heterocycles. The van der Waals surface area contributed by atoms with Crippen LogP contribution in [0.4, 0.5) is 0 Å². The van der Waals surface area contributed by atoms with E-state index in [1.54, 1.807) is 0 Å². The fourth-order valence-corrected chi connectivity index (χ4v) is 2.09. The molecule has 0 aliphatic rings. The van der Waals surface area contributed by atoms with Crippen LogP contribution in [0.15, 0.2) is 0 Å². The van der Waals surface area contributed by atoms with Crippen LogP contribution in [-0.2, 0) is 9.47 Å². The second-order valence-electron chi connectivity index (χ2n) is 5.07. The van der Waals surface area contributed by atoms with E-state index in [2.05, 4.69) is 0 Å². The van der Waals surface area contributed by atoms with E-state index in [0.29, 0.717) is 6.61 Å². The van der Waals surface area contributed by atoms with Crippen LogP contribution in [0.5, 0.6) is 0 Å². The third-order valence-electron chi connectivity index (χ3n) is 3.27. The highest BCUT2D eigenvalue weighted by molar-refractivity contribution is 4.48. The Labute approximate surface area is 119 Å². The van der Waals surface area contributed by atoms with Gasteiger partial charge in [-0.05, 0) is 19.8 Å². The second-order valence-corrected chi connectivity index (χ2v) is 5.07. The Morgan fingerprint density at radius 1 is 0.579 bits per heavy atom. The Bertz CT molecular complexity index is 135. The lowest BCUT2D eigenvalue weighted by atomic mass is 10.1. The van der Waals surface area contributed by atoms with Crippen LogP contribution >= 0.6 is 0 Å². The lowest BCUT2D eigenvalue weighted by molar-refractivity contribution is 0.0512. The molecule has 0 amide bonds. The molecule has 3 nitrogen and oxygen atoms in total. The molecule has 0 bridgehead atoms. The highest BCUT2D eigenvalue weighted by Gasteiger charge is 1.93. The number of ether oxygens (including phenoxy) is 2. The third kappa shape index (κ3) is 17.9. The first kappa shape index (κ1) is 18.9. The first-order valence-electron chi connectivity index (χ1n) is 8.18. The normalized spacial score (nSPS) is 11.1. The summed E-state index contributed by atoms with van der Waals surface area (Å²) in [5.41, 5.74) is 0. The Kier molecular flexibility index (Phi) is 17.8. The van der Waals surface area contributed by atoms with Gasteiger partial charge in [0.15, 0.2) is 0 Å². The first-order valence-corrected chi connectivity index (χ1v) is 8.18. The molecule has 0 saturated heterocycles. The van der Waals surface area contributed by atoms with Crippen LogP contribution in [0, 0.1) is 0 Å². The lowest BCUT2D eigenvalue weighted by Gasteiger charge is -2.04. The van der Waals surface area contributed by atoms with E-state index in [-0.39, 0.29) is 0 Å². The quantitative estimate of drug-likeness (QED) is 0.433. The average molecular weight is 274 g/mol. The smallest absolute Gasteiger partial charge is 0.0700 e. The van der Waals surface area contributed by atoms with Gasteiger partial charge in [-0.25, -0.2) is 0 Å². The second kappa shape index (κ2) is 17.9. The average Bonchev–Trinajstić information content (AvgIpc) is 2.43. The van der Waals surface area contributed by atoms with Crippen LogP contribution in [0.2, 0.25) is 0 Å². The van der Waals surface area contributed by atoms with Gasteiger partial charge in [-0.15, -0.1) is 0 Å². The van der Waals surface area contributed by atoms with Gasteiger partial charge in [0.25, 0.3) is 0 Å². The topological polar surface area (TPSA) is 38.7 Å².